The van der Waals surface area contributed by atoms with Gasteiger partial charge in [0, 0.05) is 32.7 Å². The molecule has 0 aromatic heterocycles. The molecule has 1 aromatic carbocycles. The topological polar surface area (TPSA) is 18.5 Å². The molecule has 22 heavy (non-hydrogen) atoms. The predicted molar refractivity (Wildman–Crippen MR) is 93.4 cm³/mol. The normalized spacial score (nSPS) is 22.1. The number of hydrogen-bond donors (Lipinski definition) is 1. The van der Waals surface area contributed by atoms with Gasteiger partial charge in [-0.3, -0.25) is 4.90 Å². The highest BCUT2D eigenvalue weighted by atomic mass is 15.3. The van der Waals surface area contributed by atoms with Gasteiger partial charge in [0.05, 0.1) is 0 Å². The van der Waals surface area contributed by atoms with Crippen LogP contribution in [-0.4, -0.2) is 55.6 Å². The van der Waals surface area contributed by atoms with Crippen LogP contribution in [0.5, 0.6) is 0 Å². The van der Waals surface area contributed by atoms with Gasteiger partial charge < -0.3 is 10.2 Å². The van der Waals surface area contributed by atoms with Crippen LogP contribution in [0.3, 0.4) is 0 Å². The molecule has 1 aromatic rings. The molecule has 122 valence electrons. The number of rotatable bonds is 4. The Balaban J connectivity index is 1.70. The van der Waals surface area contributed by atoms with E-state index in [4.69, 9.17) is 0 Å². The number of piperazine rings is 1. The van der Waals surface area contributed by atoms with E-state index in [-0.39, 0.29) is 0 Å². The third-order valence-electron chi connectivity index (χ3n) is 5.39. The summed E-state index contributed by atoms with van der Waals surface area (Å²) in [5, 5.41) is 3.50. The van der Waals surface area contributed by atoms with E-state index < -0.39 is 0 Å². The second kappa shape index (κ2) is 7.58. The van der Waals surface area contributed by atoms with Gasteiger partial charge in [-0.2, -0.15) is 0 Å². The van der Waals surface area contributed by atoms with E-state index in [0.717, 1.165) is 12.5 Å². The largest absolute Gasteiger partial charge is 0.317 e. The average Bonchev–Trinajstić information content (AvgIpc) is 2.58. The average molecular weight is 301 g/mol. The van der Waals surface area contributed by atoms with Gasteiger partial charge in [0.1, 0.15) is 0 Å². The molecule has 0 amide bonds. The van der Waals surface area contributed by atoms with Gasteiger partial charge in [-0.05, 0) is 56.4 Å². The molecule has 2 heterocycles. The molecule has 3 rings (SSSR count). The minimum absolute atomic E-state index is 0.757. The summed E-state index contributed by atoms with van der Waals surface area (Å²) < 4.78 is 0. The molecule has 2 aliphatic heterocycles. The first-order valence-corrected chi connectivity index (χ1v) is 9.01. The summed E-state index contributed by atoms with van der Waals surface area (Å²) in [7, 11) is 0. The van der Waals surface area contributed by atoms with E-state index in [9.17, 15) is 0 Å². The first kappa shape index (κ1) is 16.0. The van der Waals surface area contributed by atoms with Crippen molar-refractivity contribution in [1.82, 2.24) is 15.1 Å². The van der Waals surface area contributed by atoms with E-state index in [0.29, 0.717) is 0 Å². The second-order valence-corrected chi connectivity index (χ2v) is 6.94. The van der Waals surface area contributed by atoms with Crippen molar-refractivity contribution in [2.45, 2.75) is 39.2 Å². The lowest BCUT2D eigenvalue weighted by atomic mass is 9.86. The zero-order valence-corrected chi connectivity index (χ0v) is 14.3. The summed E-state index contributed by atoms with van der Waals surface area (Å²) in [4.78, 5) is 5.20. The van der Waals surface area contributed by atoms with Crippen LogP contribution in [0.4, 0.5) is 0 Å². The number of aryl methyl sites for hydroxylation is 1. The summed E-state index contributed by atoms with van der Waals surface area (Å²) in [6, 6.07) is 7.13. The van der Waals surface area contributed by atoms with Gasteiger partial charge in [-0.25, -0.2) is 0 Å². The molecule has 3 nitrogen and oxygen atoms in total. The lowest BCUT2D eigenvalue weighted by molar-refractivity contribution is 0.131. The van der Waals surface area contributed by atoms with Crippen LogP contribution >= 0.6 is 0 Å². The number of hydrogen-bond acceptors (Lipinski definition) is 3. The summed E-state index contributed by atoms with van der Waals surface area (Å²) >= 11 is 0. The Hall–Kier alpha value is -0.900. The summed E-state index contributed by atoms with van der Waals surface area (Å²) in [6.45, 7) is 14.1. The first-order valence-electron chi connectivity index (χ1n) is 9.01. The number of nitrogens with one attached hydrogen (secondary N) is 1. The molecule has 0 atom stereocenters. The molecule has 0 radical (unpaired) electrons. The second-order valence-electron chi connectivity index (χ2n) is 6.94. The van der Waals surface area contributed by atoms with Gasteiger partial charge in [0.25, 0.3) is 0 Å². The lowest BCUT2D eigenvalue weighted by Gasteiger charge is -2.35. The molecule has 2 fully saturated rings. The lowest BCUT2D eigenvalue weighted by Crippen LogP contribution is -2.45. The van der Waals surface area contributed by atoms with Gasteiger partial charge in [-0.1, -0.05) is 30.7 Å². The molecular weight excluding hydrogens is 270 g/mol. The van der Waals surface area contributed by atoms with Crippen LogP contribution in [0, 0.1) is 6.92 Å². The maximum Gasteiger partial charge on any atom is 0.0237 e. The molecule has 3 heteroatoms. The highest BCUT2D eigenvalue weighted by Crippen LogP contribution is 2.30. The fourth-order valence-electron chi connectivity index (χ4n) is 3.88. The number of likely N-dealkylation sites (N-methyl/N-ethyl adjacent to an activating group) is 1. The van der Waals surface area contributed by atoms with Crippen LogP contribution in [-0.2, 0) is 6.54 Å². The van der Waals surface area contributed by atoms with E-state index in [1.807, 2.05) is 0 Å². The van der Waals surface area contributed by atoms with Crippen LogP contribution < -0.4 is 5.32 Å². The number of benzene rings is 1. The zero-order valence-electron chi connectivity index (χ0n) is 14.3. The minimum Gasteiger partial charge on any atom is -0.317 e. The monoisotopic (exact) mass is 301 g/mol. The van der Waals surface area contributed by atoms with Gasteiger partial charge in [0.15, 0.2) is 0 Å². The molecule has 0 saturated carbocycles. The van der Waals surface area contributed by atoms with Crippen molar-refractivity contribution in [3.8, 4) is 0 Å². The Bertz CT molecular complexity index is 472. The molecule has 0 aliphatic carbocycles. The van der Waals surface area contributed by atoms with Crippen LogP contribution in [0.2, 0.25) is 0 Å². The fourth-order valence-corrected chi connectivity index (χ4v) is 3.88. The van der Waals surface area contributed by atoms with Gasteiger partial charge in [-0.15, -0.1) is 0 Å². The van der Waals surface area contributed by atoms with E-state index in [1.165, 1.54) is 64.2 Å². The van der Waals surface area contributed by atoms with Gasteiger partial charge in [0.2, 0.25) is 0 Å². The van der Waals surface area contributed by atoms with Crippen LogP contribution in [0.25, 0.3) is 0 Å². The number of piperidine rings is 1. The number of nitrogens with zero attached hydrogens (tertiary/aromatic N) is 2. The standard InChI is InChI=1S/C19H31N3/c1-3-21-10-12-22(13-11-21)15-18-5-4-16(2)14-19(18)17-6-8-20-9-7-17/h4-5,14,17,20H,3,6-13,15H2,1-2H3. The van der Waals surface area contributed by atoms with E-state index >= 15 is 0 Å². The molecule has 0 unspecified atom stereocenters. The summed E-state index contributed by atoms with van der Waals surface area (Å²) in [5.41, 5.74) is 4.61. The smallest absolute Gasteiger partial charge is 0.0237 e. The Morgan fingerprint density at radius 2 is 1.73 bits per heavy atom. The minimum atomic E-state index is 0.757. The first-order chi connectivity index (χ1) is 10.8. The van der Waals surface area contributed by atoms with Crippen molar-refractivity contribution in [3.63, 3.8) is 0 Å². The Labute approximate surface area is 135 Å². The molecule has 2 aliphatic rings. The molecule has 0 spiro atoms. The van der Waals surface area contributed by atoms with E-state index in [1.54, 1.807) is 11.1 Å². The Kier molecular flexibility index (Phi) is 5.51. The highest BCUT2D eigenvalue weighted by Gasteiger charge is 2.21. The maximum atomic E-state index is 3.50. The van der Waals surface area contributed by atoms with Crippen molar-refractivity contribution in [2.75, 3.05) is 45.8 Å². The van der Waals surface area contributed by atoms with Crippen LogP contribution in [0.1, 0.15) is 42.4 Å². The van der Waals surface area contributed by atoms with Crippen molar-refractivity contribution in [2.24, 2.45) is 0 Å². The SMILES string of the molecule is CCN1CCN(Cc2ccc(C)cc2C2CCNCC2)CC1. The fraction of sp³-hybridized carbons (Fsp3) is 0.684. The van der Waals surface area contributed by atoms with Crippen molar-refractivity contribution < 1.29 is 0 Å². The predicted octanol–water partition coefficient (Wildman–Crippen LogP) is 2.60. The summed E-state index contributed by atoms with van der Waals surface area (Å²) in [5.74, 6) is 0.757. The Morgan fingerprint density at radius 3 is 2.41 bits per heavy atom. The van der Waals surface area contributed by atoms with Crippen molar-refractivity contribution in [1.29, 1.82) is 0 Å². The Morgan fingerprint density at radius 1 is 1.05 bits per heavy atom. The molecule has 0 bridgehead atoms. The van der Waals surface area contributed by atoms with Gasteiger partial charge >= 0.3 is 0 Å². The quantitative estimate of drug-likeness (QED) is 0.922. The van der Waals surface area contributed by atoms with Crippen LogP contribution in [0.15, 0.2) is 18.2 Å². The third-order valence-corrected chi connectivity index (χ3v) is 5.39. The van der Waals surface area contributed by atoms with E-state index in [2.05, 4.69) is 47.2 Å². The summed E-state index contributed by atoms with van der Waals surface area (Å²) in [6.07, 6.45) is 2.58. The maximum absolute atomic E-state index is 3.50. The zero-order chi connectivity index (χ0) is 15.4. The highest BCUT2D eigenvalue weighted by molar-refractivity contribution is 5.34. The van der Waals surface area contributed by atoms with Crippen molar-refractivity contribution in [3.05, 3.63) is 34.9 Å². The molecular formula is C19H31N3. The molecule has 1 N–H and O–H groups in total. The van der Waals surface area contributed by atoms with Crippen molar-refractivity contribution >= 4 is 0 Å². The molecule has 2 saturated heterocycles. The third kappa shape index (κ3) is 3.89.